The van der Waals surface area contributed by atoms with E-state index in [1.54, 1.807) is 24.3 Å². The van der Waals surface area contributed by atoms with Crippen LogP contribution in [0.3, 0.4) is 0 Å². The molecule has 0 saturated heterocycles. The number of benzene rings is 2. The zero-order valence-electron chi connectivity index (χ0n) is 15.8. The summed E-state index contributed by atoms with van der Waals surface area (Å²) in [4.78, 5) is 23.9. The summed E-state index contributed by atoms with van der Waals surface area (Å²) in [5.74, 6) is 0.335. The van der Waals surface area contributed by atoms with Crippen LogP contribution in [0.1, 0.15) is 49.0 Å². The molecule has 144 valence electrons. The Balaban J connectivity index is 1.92. The Morgan fingerprint density at radius 1 is 1.11 bits per heavy atom. The number of ether oxygens (including phenoxy) is 2. The summed E-state index contributed by atoms with van der Waals surface area (Å²) in [5.41, 5.74) is 2.08. The molecule has 0 spiro atoms. The van der Waals surface area contributed by atoms with Crippen molar-refractivity contribution in [3.63, 3.8) is 0 Å². The molecule has 0 heterocycles. The molecule has 2 aromatic rings. The molecule has 0 aliphatic heterocycles. The van der Waals surface area contributed by atoms with Crippen molar-refractivity contribution in [1.29, 1.82) is 0 Å². The maximum Gasteiger partial charge on any atom is 0.338 e. The summed E-state index contributed by atoms with van der Waals surface area (Å²) in [5, 5.41) is 2.76. The zero-order valence-corrected chi connectivity index (χ0v) is 17.3. The maximum absolute atomic E-state index is 12.2. The number of rotatable bonds is 8. The van der Waals surface area contributed by atoms with E-state index in [1.165, 1.54) is 0 Å². The summed E-state index contributed by atoms with van der Waals surface area (Å²) >= 11 is 3.45. The van der Waals surface area contributed by atoms with Gasteiger partial charge in [0.1, 0.15) is 5.75 Å². The minimum atomic E-state index is -0.366. The number of esters is 1. The third kappa shape index (κ3) is 6.40. The van der Waals surface area contributed by atoms with Gasteiger partial charge in [-0.05, 0) is 60.4 Å². The van der Waals surface area contributed by atoms with Crippen LogP contribution < -0.4 is 10.1 Å². The normalized spacial score (nSPS) is 10.6. The molecule has 0 saturated carbocycles. The fraction of sp³-hybridized carbons (Fsp3) is 0.333. The highest BCUT2D eigenvalue weighted by Crippen LogP contribution is 2.29. The molecular formula is C21H24BrNO4. The molecule has 1 amide bonds. The van der Waals surface area contributed by atoms with Gasteiger partial charge in [-0.1, -0.05) is 36.7 Å². The van der Waals surface area contributed by atoms with Crippen molar-refractivity contribution < 1.29 is 19.1 Å². The molecule has 0 atom stereocenters. The van der Waals surface area contributed by atoms with Crippen molar-refractivity contribution in [2.45, 2.75) is 33.1 Å². The van der Waals surface area contributed by atoms with Crippen LogP contribution in [0.2, 0.25) is 0 Å². The zero-order chi connectivity index (χ0) is 19.8. The topological polar surface area (TPSA) is 64.6 Å². The Hall–Kier alpha value is -2.34. The van der Waals surface area contributed by atoms with Gasteiger partial charge in [0.2, 0.25) is 0 Å². The summed E-state index contributed by atoms with van der Waals surface area (Å²) in [6.45, 7) is 6.38. The molecular weight excluding hydrogens is 410 g/mol. The van der Waals surface area contributed by atoms with Gasteiger partial charge in [0, 0.05) is 10.2 Å². The van der Waals surface area contributed by atoms with E-state index in [2.05, 4.69) is 35.1 Å². The number of hydrogen-bond donors (Lipinski definition) is 1. The van der Waals surface area contributed by atoms with Crippen LogP contribution in [0, 0.1) is 0 Å². The summed E-state index contributed by atoms with van der Waals surface area (Å²) < 4.78 is 11.7. The fourth-order valence-corrected chi connectivity index (χ4v) is 2.79. The summed E-state index contributed by atoms with van der Waals surface area (Å²) in [7, 11) is 0. The molecule has 0 aliphatic rings. The number of nitrogens with one attached hydrogen (secondary N) is 1. The van der Waals surface area contributed by atoms with E-state index in [0.29, 0.717) is 23.6 Å². The smallest absolute Gasteiger partial charge is 0.338 e. The van der Waals surface area contributed by atoms with Crippen molar-refractivity contribution in [3.8, 4) is 5.75 Å². The average molecular weight is 434 g/mol. The Labute approximate surface area is 168 Å². The van der Waals surface area contributed by atoms with Gasteiger partial charge in [0.05, 0.1) is 12.2 Å². The lowest BCUT2D eigenvalue weighted by molar-refractivity contribution is -0.118. The predicted molar refractivity (Wildman–Crippen MR) is 109 cm³/mol. The number of halogens is 1. The first kappa shape index (κ1) is 21.0. The van der Waals surface area contributed by atoms with E-state index >= 15 is 0 Å². The van der Waals surface area contributed by atoms with Gasteiger partial charge in [0.15, 0.2) is 6.61 Å². The van der Waals surface area contributed by atoms with E-state index in [0.717, 1.165) is 16.5 Å². The van der Waals surface area contributed by atoms with Crippen molar-refractivity contribution >= 4 is 33.5 Å². The molecule has 0 aromatic heterocycles. The monoisotopic (exact) mass is 433 g/mol. The highest BCUT2D eigenvalue weighted by atomic mass is 79.9. The Bertz CT molecular complexity index is 787. The van der Waals surface area contributed by atoms with E-state index in [1.807, 2.05) is 25.1 Å². The first-order valence-electron chi connectivity index (χ1n) is 8.90. The van der Waals surface area contributed by atoms with Gasteiger partial charge in [-0.2, -0.15) is 0 Å². The van der Waals surface area contributed by atoms with Crippen LogP contribution in [0.25, 0.3) is 0 Å². The molecule has 5 nitrogen and oxygen atoms in total. The molecule has 2 rings (SSSR count). The third-order valence-corrected chi connectivity index (χ3v) is 4.29. The van der Waals surface area contributed by atoms with Gasteiger partial charge in [0.25, 0.3) is 5.91 Å². The SMILES string of the molecule is CCCOC(=O)c1ccc(NC(=O)COc2ccc(Br)cc2C(C)C)cc1. The second-order valence-electron chi connectivity index (χ2n) is 6.39. The lowest BCUT2D eigenvalue weighted by atomic mass is 10.0. The fourth-order valence-electron chi connectivity index (χ4n) is 2.41. The van der Waals surface area contributed by atoms with Crippen LogP contribution in [0.4, 0.5) is 5.69 Å². The average Bonchev–Trinajstić information content (AvgIpc) is 2.65. The van der Waals surface area contributed by atoms with Gasteiger partial charge < -0.3 is 14.8 Å². The van der Waals surface area contributed by atoms with E-state index < -0.39 is 0 Å². The highest BCUT2D eigenvalue weighted by molar-refractivity contribution is 9.10. The van der Waals surface area contributed by atoms with Crippen LogP contribution in [0.5, 0.6) is 5.75 Å². The van der Waals surface area contributed by atoms with Crippen molar-refractivity contribution in [3.05, 3.63) is 58.1 Å². The first-order valence-corrected chi connectivity index (χ1v) is 9.69. The lowest BCUT2D eigenvalue weighted by Crippen LogP contribution is -2.20. The predicted octanol–water partition coefficient (Wildman–Crippen LogP) is 5.16. The largest absolute Gasteiger partial charge is 0.483 e. The van der Waals surface area contributed by atoms with Crippen LogP contribution in [-0.2, 0) is 9.53 Å². The van der Waals surface area contributed by atoms with E-state index in [4.69, 9.17) is 9.47 Å². The van der Waals surface area contributed by atoms with Crippen LogP contribution in [0.15, 0.2) is 46.9 Å². The minimum Gasteiger partial charge on any atom is -0.483 e. The molecule has 2 aromatic carbocycles. The van der Waals surface area contributed by atoms with Gasteiger partial charge in [-0.3, -0.25) is 4.79 Å². The molecule has 0 radical (unpaired) electrons. The quantitative estimate of drug-likeness (QED) is 0.584. The number of hydrogen-bond acceptors (Lipinski definition) is 4. The number of carbonyl (C=O) groups is 2. The Kier molecular flexibility index (Phi) is 7.85. The van der Waals surface area contributed by atoms with Crippen LogP contribution in [-0.4, -0.2) is 25.1 Å². The summed E-state index contributed by atoms with van der Waals surface area (Å²) in [6.07, 6.45) is 0.775. The third-order valence-electron chi connectivity index (χ3n) is 3.79. The van der Waals surface area contributed by atoms with Gasteiger partial charge >= 0.3 is 5.97 Å². The van der Waals surface area contributed by atoms with Crippen LogP contribution >= 0.6 is 15.9 Å². The molecule has 1 N–H and O–H groups in total. The number of carbonyl (C=O) groups excluding carboxylic acids is 2. The van der Waals surface area contributed by atoms with Gasteiger partial charge in [-0.15, -0.1) is 0 Å². The van der Waals surface area contributed by atoms with Gasteiger partial charge in [-0.25, -0.2) is 4.79 Å². The second kappa shape index (κ2) is 10.1. The minimum absolute atomic E-state index is 0.0956. The molecule has 6 heteroatoms. The highest BCUT2D eigenvalue weighted by Gasteiger charge is 2.11. The summed E-state index contributed by atoms with van der Waals surface area (Å²) in [6, 6.07) is 12.3. The Morgan fingerprint density at radius 2 is 1.81 bits per heavy atom. The maximum atomic E-state index is 12.2. The molecule has 0 bridgehead atoms. The molecule has 0 aliphatic carbocycles. The van der Waals surface area contributed by atoms with E-state index in [9.17, 15) is 9.59 Å². The second-order valence-corrected chi connectivity index (χ2v) is 7.30. The standard InChI is InChI=1S/C21H24BrNO4/c1-4-11-26-21(25)15-5-8-17(9-6-15)23-20(24)13-27-19-10-7-16(22)12-18(19)14(2)3/h5-10,12,14H,4,11,13H2,1-3H3,(H,23,24). The molecule has 0 fully saturated rings. The lowest BCUT2D eigenvalue weighted by Gasteiger charge is -2.14. The first-order chi connectivity index (χ1) is 12.9. The number of amides is 1. The molecule has 27 heavy (non-hydrogen) atoms. The van der Waals surface area contributed by atoms with Crippen molar-refractivity contribution in [2.24, 2.45) is 0 Å². The molecule has 0 unspecified atom stereocenters. The van der Waals surface area contributed by atoms with E-state index in [-0.39, 0.29) is 24.4 Å². The van der Waals surface area contributed by atoms with Crippen molar-refractivity contribution in [2.75, 3.05) is 18.5 Å². The number of anilines is 1. The Morgan fingerprint density at radius 3 is 2.44 bits per heavy atom. The van der Waals surface area contributed by atoms with Crippen molar-refractivity contribution in [1.82, 2.24) is 0 Å².